The monoisotopic (exact) mass is 349 g/mol. The zero-order chi connectivity index (χ0) is 18.1. The van der Waals surface area contributed by atoms with E-state index in [0.29, 0.717) is 17.3 Å². The summed E-state index contributed by atoms with van der Waals surface area (Å²) in [7, 11) is 0. The molecule has 3 aromatic heterocycles. The molecule has 26 heavy (non-hydrogen) atoms. The van der Waals surface area contributed by atoms with Crippen molar-refractivity contribution >= 4 is 17.0 Å². The Morgan fingerprint density at radius 3 is 2.73 bits per heavy atom. The Hall–Kier alpha value is -3.55. The van der Waals surface area contributed by atoms with Gasteiger partial charge in [0.2, 0.25) is 5.89 Å². The van der Waals surface area contributed by atoms with Crippen LogP contribution in [0.25, 0.3) is 16.9 Å². The lowest BCUT2D eigenvalue weighted by Crippen LogP contribution is -2.10. The maximum atomic E-state index is 12.3. The van der Waals surface area contributed by atoms with Crippen molar-refractivity contribution in [3.8, 4) is 5.82 Å². The average molecular weight is 349 g/mol. The molecular formula is C18H15N5O3. The number of carbonyl (C=O) groups is 1. The Labute approximate surface area is 148 Å². The summed E-state index contributed by atoms with van der Waals surface area (Å²) in [6.07, 6.45) is 2.53. The van der Waals surface area contributed by atoms with Gasteiger partial charge in [0.1, 0.15) is 12.1 Å². The topological polar surface area (TPSA) is 95.9 Å². The maximum absolute atomic E-state index is 12.3. The summed E-state index contributed by atoms with van der Waals surface area (Å²) in [5.41, 5.74) is 2.15. The van der Waals surface area contributed by atoms with Crippen LogP contribution in [0.15, 0.2) is 53.3 Å². The van der Waals surface area contributed by atoms with Crippen molar-refractivity contribution < 1.29 is 13.9 Å². The second-order valence-corrected chi connectivity index (χ2v) is 5.72. The average Bonchev–Trinajstić information content (AvgIpc) is 3.28. The molecule has 0 saturated heterocycles. The molecule has 8 heteroatoms. The Bertz CT molecular complexity index is 1070. The van der Waals surface area contributed by atoms with E-state index in [2.05, 4.69) is 20.2 Å². The van der Waals surface area contributed by atoms with Crippen LogP contribution in [0, 0.1) is 6.92 Å². The highest BCUT2D eigenvalue weighted by atomic mass is 16.6. The third-order valence-corrected chi connectivity index (χ3v) is 3.86. The van der Waals surface area contributed by atoms with E-state index < -0.39 is 12.1 Å². The molecule has 4 rings (SSSR count). The molecule has 0 bridgehead atoms. The molecule has 1 aromatic carbocycles. The van der Waals surface area contributed by atoms with Crippen LogP contribution in [0.4, 0.5) is 0 Å². The fraction of sp³-hybridized carbons (Fsp3) is 0.167. The van der Waals surface area contributed by atoms with Crippen molar-refractivity contribution in [1.29, 1.82) is 0 Å². The van der Waals surface area contributed by atoms with Crippen LogP contribution < -0.4 is 0 Å². The second kappa shape index (κ2) is 6.40. The van der Waals surface area contributed by atoms with E-state index in [-0.39, 0.29) is 5.89 Å². The number of aryl methyl sites for hydroxylation is 1. The van der Waals surface area contributed by atoms with Crippen molar-refractivity contribution in [2.24, 2.45) is 0 Å². The van der Waals surface area contributed by atoms with E-state index >= 15 is 0 Å². The largest absolute Gasteiger partial charge is 0.449 e. The number of rotatable bonds is 4. The summed E-state index contributed by atoms with van der Waals surface area (Å²) < 4.78 is 12.5. The number of hydrogen-bond acceptors (Lipinski definition) is 7. The SMILES string of the molecule is Cc1nnc([C@@H](C)OC(=O)c2ccc(-n3cnc4ccccc43)nc2)o1. The van der Waals surface area contributed by atoms with E-state index in [4.69, 9.17) is 9.15 Å². The number of nitrogens with zero attached hydrogens (tertiary/aromatic N) is 5. The Morgan fingerprint density at radius 1 is 1.15 bits per heavy atom. The number of aromatic nitrogens is 5. The molecule has 8 nitrogen and oxygen atoms in total. The van der Waals surface area contributed by atoms with Crippen LogP contribution >= 0.6 is 0 Å². The lowest BCUT2D eigenvalue weighted by atomic mass is 10.2. The highest BCUT2D eigenvalue weighted by molar-refractivity contribution is 5.89. The van der Waals surface area contributed by atoms with Gasteiger partial charge in [-0.15, -0.1) is 10.2 Å². The maximum Gasteiger partial charge on any atom is 0.340 e. The van der Waals surface area contributed by atoms with Gasteiger partial charge in [0.25, 0.3) is 5.89 Å². The zero-order valence-corrected chi connectivity index (χ0v) is 14.2. The van der Waals surface area contributed by atoms with Crippen LogP contribution in [-0.2, 0) is 4.74 Å². The zero-order valence-electron chi connectivity index (χ0n) is 14.2. The molecule has 4 aromatic rings. The summed E-state index contributed by atoms with van der Waals surface area (Å²) in [5, 5.41) is 7.57. The van der Waals surface area contributed by atoms with Crippen LogP contribution in [-0.4, -0.2) is 30.7 Å². The van der Waals surface area contributed by atoms with Gasteiger partial charge >= 0.3 is 5.97 Å². The first-order chi connectivity index (χ1) is 12.6. The molecule has 0 saturated carbocycles. The molecule has 130 valence electrons. The third kappa shape index (κ3) is 2.92. The minimum absolute atomic E-state index is 0.255. The molecule has 0 N–H and O–H groups in total. The van der Waals surface area contributed by atoms with E-state index in [1.165, 1.54) is 6.20 Å². The smallest absolute Gasteiger partial charge is 0.340 e. The Kier molecular flexibility index (Phi) is 3.92. The third-order valence-electron chi connectivity index (χ3n) is 3.86. The molecule has 0 spiro atoms. The summed E-state index contributed by atoms with van der Waals surface area (Å²) in [4.78, 5) is 21.0. The van der Waals surface area contributed by atoms with Crippen LogP contribution in [0.3, 0.4) is 0 Å². The lowest BCUT2D eigenvalue weighted by molar-refractivity contribution is 0.0276. The van der Waals surface area contributed by atoms with Crippen molar-refractivity contribution in [3.63, 3.8) is 0 Å². The first-order valence-electron chi connectivity index (χ1n) is 8.01. The Morgan fingerprint density at radius 2 is 2.00 bits per heavy atom. The van der Waals surface area contributed by atoms with Gasteiger partial charge in [-0.2, -0.15) is 0 Å². The minimum atomic E-state index is -0.638. The normalized spacial score (nSPS) is 12.2. The fourth-order valence-electron chi connectivity index (χ4n) is 2.55. The van der Waals surface area contributed by atoms with Gasteiger partial charge in [0, 0.05) is 13.1 Å². The van der Waals surface area contributed by atoms with E-state index in [1.54, 1.807) is 32.3 Å². The number of hydrogen-bond donors (Lipinski definition) is 0. The summed E-state index contributed by atoms with van der Waals surface area (Å²) in [6, 6.07) is 11.2. The quantitative estimate of drug-likeness (QED) is 0.522. The molecule has 3 heterocycles. The number of imidazole rings is 1. The first kappa shape index (κ1) is 15.9. The molecular weight excluding hydrogens is 334 g/mol. The molecule has 0 aliphatic rings. The van der Waals surface area contributed by atoms with Gasteiger partial charge < -0.3 is 9.15 Å². The highest BCUT2D eigenvalue weighted by Gasteiger charge is 2.19. The molecule has 0 radical (unpaired) electrons. The van der Waals surface area contributed by atoms with Crippen LogP contribution in [0.5, 0.6) is 0 Å². The highest BCUT2D eigenvalue weighted by Crippen LogP contribution is 2.19. The van der Waals surface area contributed by atoms with Crippen molar-refractivity contribution in [2.75, 3.05) is 0 Å². The predicted octanol–water partition coefficient (Wildman–Crippen LogP) is 3.03. The summed E-state index contributed by atoms with van der Waals surface area (Å²) >= 11 is 0. The van der Waals surface area contributed by atoms with Gasteiger partial charge in [0.05, 0.1) is 16.6 Å². The Balaban J connectivity index is 1.53. The molecule has 1 atom stereocenters. The van der Waals surface area contributed by atoms with Gasteiger partial charge in [-0.1, -0.05) is 12.1 Å². The van der Waals surface area contributed by atoms with Gasteiger partial charge in [-0.05, 0) is 31.2 Å². The second-order valence-electron chi connectivity index (χ2n) is 5.72. The van der Waals surface area contributed by atoms with E-state index in [0.717, 1.165) is 11.0 Å². The van der Waals surface area contributed by atoms with Crippen LogP contribution in [0.2, 0.25) is 0 Å². The predicted molar refractivity (Wildman–Crippen MR) is 91.7 cm³/mol. The number of benzene rings is 1. The van der Waals surface area contributed by atoms with Crippen molar-refractivity contribution in [3.05, 3.63) is 66.3 Å². The van der Waals surface area contributed by atoms with Gasteiger partial charge in [-0.25, -0.2) is 14.8 Å². The van der Waals surface area contributed by atoms with Crippen molar-refractivity contribution in [1.82, 2.24) is 24.7 Å². The first-order valence-corrected chi connectivity index (χ1v) is 8.01. The molecule has 0 fully saturated rings. The van der Waals surface area contributed by atoms with Gasteiger partial charge in [-0.3, -0.25) is 4.57 Å². The van der Waals surface area contributed by atoms with E-state index in [1.807, 2.05) is 28.8 Å². The summed E-state index contributed by atoms with van der Waals surface area (Å²) in [6.45, 7) is 3.35. The molecule has 0 unspecified atom stereocenters. The standard InChI is InChI=1S/C18H15N5O3/c1-11(17-22-21-12(2)26-17)25-18(24)13-7-8-16(19-9-13)23-10-20-14-5-3-4-6-15(14)23/h3-11H,1-2H3/t11-/m1/s1. The number of ether oxygens (including phenoxy) is 1. The number of para-hydroxylation sites is 2. The van der Waals surface area contributed by atoms with Crippen molar-refractivity contribution in [2.45, 2.75) is 20.0 Å². The van der Waals surface area contributed by atoms with Gasteiger partial charge in [0.15, 0.2) is 6.10 Å². The molecule has 0 aliphatic heterocycles. The number of esters is 1. The lowest BCUT2D eigenvalue weighted by Gasteiger charge is -2.09. The molecule has 0 amide bonds. The van der Waals surface area contributed by atoms with E-state index in [9.17, 15) is 4.79 Å². The number of pyridine rings is 1. The minimum Gasteiger partial charge on any atom is -0.449 e. The fourth-order valence-corrected chi connectivity index (χ4v) is 2.55. The summed E-state index contributed by atoms with van der Waals surface area (Å²) in [5.74, 6) is 0.825. The number of fused-ring (bicyclic) bond motifs is 1. The molecule has 0 aliphatic carbocycles. The number of carbonyl (C=O) groups excluding carboxylic acids is 1. The van der Waals surface area contributed by atoms with Crippen LogP contribution in [0.1, 0.15) is 35.2 Å².